The Morgan fingerprint density at radius 2 is 2.14 bits per heavy atom. The van der Waals surface area contributed by atoms with E-state index in [1.54, 1.807) is 0 Å². The van der Waals surface area contributed by atoms with Crippen LogP contribution in [0.4, 0.5) is 15.8 Å². The molecule has 0 atom stereocenters. The molecule has 0 fully saturated rings. The lowest BCUT2D eigenvalue weighted by Gasteiger charge is -2.05. The molecule has 76 valence electrons. The average molecular weight is 198 g/mol. The van der Waals surface area contributed by atoms with Crippen molar-refractivity contribution >= 4 is 17.3 Å². The largest absolute Gasteiger partial charge is 0.459 e. The molecular weight excluding hydrogens is 187 g/mol. The predicted octanol–water partition coefficient (Wildman–Crippen LogP) is 0.977. The van der Waals surface area contributed by atoms with Crippen LogP contribution in [0.25, 0.3) is 0 Å². The minimum Gasteiger partial charge on any atom is -0.459 e. The van der Waals surface area contributed by atoms with E-state index in [2.05, 4.69) is 4.74 Å². The number of hydrogen-bond donors (Lipinski definition) is 2. The molecule has 1 rings (SSSR count). The molecule has 0 spiro atoms. The Kier molecular flexibility index (Phi) is 3.28. The highest BCUT2D eigenvalue weighted by atomic mass is 19.1. The number of halogens is 1. The first-order chi connectivity index (χ1) is 6.65. The summed E-state index contributed by atoms with van der Waals surface area (Å²) in [5.74, 6) is -0.639. The number of ether oxygens (including phenoxy) is 1. The molecule has 0 heterocycles. The Morgan fingerprint density at radius 3 is 2.71 bits per heavy atom. The van der Waals surface area contributed by atoms with E-state index in [0.29, 0.717) is 5.69 Å². The van der Waals surface area contributed by atoms with Crippen molar-refractivity contribution in [3.05, 3.63) is 23.8 Å². The van der Waals surface area contributed by atoms with Crippen molar-refractivity contribution in [2.24, 2.45) is 0 Å². The third-order valence-electron chi connectivity index (χ3n) is 1.61. The van der Waals surface area contributed by atoms with Gasteiger partial charge in [0.15, 0.2) is 0 Å². The highest BCUT2D eigenvalue weighted by molar-refractivity contribution is 5.95. The van der Waals surface area contributed by atoms with Crippen LogP contribution in [0.3, 0.4) is 0 Å². The van der Waals surface area contributed by atoms with Crippen molar-refractivity contribution in [3.8, 4) is 0 Å². The monoisotopic (exact) mass is 198 g/mol. The van der Waals surface area contributed by atoms with Gasteiger partial charge in [-0.1, -0.05) is 0 Å². The smallest absolute Gasteiger partial charge is 0.340 e. The van der Waals surface area contributed by atoms with Crippen LogP contribution in [0.15, 0.2) is 18.2 Å². The van der Waals surface area contributed by atoms with Gasteiger partial charge in [0.25, 0.3) is 0 Å². The molecule has 5 heteroatoms. The first kappa shape index (κ1) is 10.3. The molecule has 0 saturated carbocycles. The van der Waals surface area contributed by atoms with Gasteiger partial charge in [-0.05, 0) is 18.2 Å². The summed E-state index contributed by atoms with van der Waals surface area (Å²) in [6, 6.07) is 4.43. The maximum Gasteiger partial charge on any atom is 0.340 e. The van der Waals surface area contributed by atoms with Gasteiger partial charge in [-0.25, -0.2) is 9.18 Å². The van der Waals surface area contributed by atoms with Crippen LogP contribution in [0.5, 0.6) is 0 Å². The van der Waals surface area contributed by atoms with Crippen LogP contribution < -0.4 is 11.5 Å². The third-order valence-corrected chi connectivity index (χ3v) is 1.61. The van der Waals surface area contributed by atoms with Gasteiger partial charge in [-0.2, -0.15) is 0 Å². The highest BCUT2D eigenvalue weighted by Crippen LogP contribution is 2.16. The number of alkyl halides is 1. The molecule has 0 aliphatic carbocycles. The van der Waals surface area contributed by atoms with E-state index < -0.39 is 12.6 Å². The lowest BCUT2D eigenvalue weighted by molar-refractivity contribution is 0.0482. The summed E-state index contributed by atoms with van der Waals surface area (Å²) >= 11 is 0. The summed E-state index contributed by atoms with van der Waals surface area (Å²) < 4.78 is 16.3. The fraction of sp³-hybridized carbons (Fsp3) is 0.222. The van der Waals surface area contributed by atoms with Crippen LogP contribution in [0.2, 0.25) is 0 Å². The summed E-state index contributed by atoms with van der Waals surface area (Å²) in [4.78, 5) is 11.2. The van der Waals surface area contributed by atoms with E-state index >= 15 is 0 Å². The second kappa shape index (κ2) is 4.45. The van der Waals surface area contributed by atoms with E-state index in [0.717, 1.165) is 0 Å². The molecule has 0 amide bonds. The number of esters is 1. The van der Waals surface area contributed by atoms with Gasteiger partial charge in [-0.15, -0.1) is 0 Å². The van der Waals surface area contributed by atoms with Crippen molar-refractivity contribution in [2.75, 3.05) is 24.7 Å². The SMILES string of the molecule is Nc1ccc(C(=O)OCCF)c(N)c1. The Bertz CT molecular complexity index is 342. The van der Waals surface area contributed by atoms with Crippen molar-refractivity contribution in [2.45, 2.75) is 0 Å². The Morgan fingerprint density at radius 1 is 1.43 bits per heavy atom. The number of benzene rings is 1. The van der Waals surface area contributed by atoms with Crippen LogP contribution >= 0.6 is 0 Å². The lowest BCUT2D eigenvalue weighted by atomic mass is 10.1. The number of hydrogen-bond acceptors (Lipinski definition) is 4. The van der Waals surface area contributed by atoms with Crippen LogP contribution in [-0.2, 0) is 4.74 Å². The molecule has 0 aromatic heterocycles. The topological polar surface area (TPSA) is 78.3 Å². The molecule has 4 nitrogen and oxygen atoms in total. The molecule has 4 N–H and O–H groups in total. The standard InChI is InChI=1S/C9H11FN2O2/c10-3-4-14-9(13)7-2-1-6(11)5-8(7)12/h1-2,5H,3-4,11-12H2. The molecule has 0 aliphatic rings. The van der Waals surface area contributed by atoms with Gasteiger partial charge in [0.1, 0.15) is 13.3 Å². The maximum absolute atomic E-state index is 11.7. The fourth-order valence-electron chi connectivity index (χ4n) is 0.976. The fourth-order valence-corrected chi connectivity index (χ4v) is 0.976. The van der Waals surface area contributed by atoms with E-state index in [9.17, 15) is 9.18 Å². The minimum atomic E-state index is -0.708. The zero-order chi connectivity index (χ0) is 10.6. The van der Waals surface area contributed by atoms with Gasteiger partial charge in [0.05, 0.1) is 5.56 Å². The van der Waals surface area contributed by atoms with Gasteiger partial charge in [-0.3, -0.25) is 0 Å². The Hall–Kier alpha value is -1.78. The second-order valence-electron chi connectivity index (χ2n) is 2.67. The molecule has 1 aromatic carbocycles. The number of carbonyl (C=O) groups excluding carboxylic acids is 1. The van der Waals surface area contributed by atoms with Gasteiger partial charge >= 0.3 is 5.97 Å². The van der Waals surface area contributed by atoms with E-state index in [-0.39, 0.29) is 17.9 Å². The van der Waals surface area contributed by atoms with Crippen molar-refractivity contribution < 1.29 is 13.9 Å². The number of nitrogens with two attached hydrogens (primary N) is 2. The Labute approximate surface area is 80.6 Å². The number of anilines is 2. The van der Waals surface area contributed by atoms with Gasteiger partial charge < -0.3 is 16.2 Å². The van der Waals surface area contributed by atoms with Crippen molar-refractivity contribution in [1.29, 1.82) is 0 Å². The van der Waals surface area contributed by atoms with E-state index in [1.165, 1.54) is 18.2 Å². The third kappa shape index (κ3) is 2.35. The molecule has 0 radical (unpaired) electrons. The van der Waals surface area contributed by atoms with E-state index in [4.69, 9.17) is 11.5 Å². The molecule has 14 heavy (non-hydrogen) atoms. The molecule has 0 saturated heterocycles. The first-order valence-corrected chi connectivity index (χ1v) is 4.03. The lowest BCUT2D eigenvalue weighted by Crippen LogP contribution is -2.10. The first-order valence-electron chi connectivity index (χ1n) is 4.03. The zero-order valence-electron chi connectivity index (χ0n) is 7.50. The quantitative estimate of drug-likeness (QED) is 0.560. The normalized spacial score (nSPS) is 9.79. The summed E-state index contributed by atoms with van der Waals surface area (Å²) in [6.07, 6.45) is 0. The molecule has 0 aliphatic heterocycles. The van der Waals surface area contributed by atoms with Crippen molar-refractivity contribution in [1.82, 2.24) is 0 Å². The van der Waals surface area contributed by atoms with Crippen LogP contribution in [-0.4, -0.2) is 19.3 Å². The van der Waals surface area contributed by atoms with Crippen LogP contribution in [0, 0.1) is 0 Å². The number of nitrogen functional groups attached to an aromatic ring is 2. The maximum atomic E-state index is 11.7. The predicted molar refractivity (Wildman–Crippen MR) is 51.5 cm³/mol. The molecule has 0 bridgehead atoms. The number of rotatable bonds is 3. The summed E-state index contributed by atoms with van der Waals surface area (Å²) in [5, 5.41) is 0. The van der Waals surface area contributed by atoms with Crippen LogP contribution in [0.1, 0.15) is 10.4 Å². The molecule has 0 unspecified atom stereocenters. The van der Waals surface area contributed by atoms with Gasteiger partial charge in [0.2, 0.25) is 0 Å². The Balaban J connectivity index is 2.80. The van der Waals surface area contributed by atoms with E-state index in [1.807, 2.05) is 0 Å². The second-order valence-corrected chi connectivity index (χ2v) is 2.67. The summed E-state index contributed by atoms with van der Waals surface area (Å²) in [7, 11) is 0. The minimum absolute atomic E-state index is 0.202. The summed E-state index contributed by atoms with van der Waals surface area (Å²) in [5.41, 5.74) is 11.8. The number of carbonyl (C=O) groups is 1. The van der Waals surface area contributed by atoms with Crippen molar-refractivity contribution in [3.63, 3.8) is 0 Å². The zero-order valence-corrected chi connectivity index (χ0v) is 7.50. The average Bonchev–Trinajstić information content (AvgIpc) is 2.14. The highest BCUT2D eigenvalue weighted by Gasteiger charge is 2.10. The summed E-state index contributed by atoms with van der Waals surface area (Å²) in [6.45, 7) is -0.969. The molecular formula is C9H11FN2O2. The van der Waals surface area contributed by atoms with Gasteiger partial charge in [0, 0.05) is 11.4 Å². The molecule has 1 aromatic rings.